The first-order valence-corrected chi connectivity index (χ1v) is 12.9. The molecule has 1 amide bonds. The first-order valence-electron chi connectivity index (χ1n) is 11.0. The maximum absolute atomic E-state index is 11.8. The molecule has 10 heteroatoms. The number of sulfone groups is 1. The number of para-hydroxylation sites is 1. The second kappa shape index (κ2) is 9.82. The van der Waals surface area contributed by atoms with Crippen molar-refractivity contribution in [3.05, 3.63) is 82.6 Å². The first-order chi connectivity index (χ1) is 17.1. The van der Waals surface area contributed by atoms with Gasteiger partial charge in [-0.3, -0.25) is 4.79 Å². The Labute approximate surface area is 209 Å². The lowest BCUT2D eigenvalue weighted by atomic mass is 10.0. The van der Waals surface area contributed by atoms with E-state index in [1.807, 2.05) is 18.2 Å². The highest BCUT2D eigenvalue weighted by Gasteiger charge is 2.23. The van der Waals surface area contributed by atoms with Crippen LogP contribution in [0.4, 0.5) is 11.6 Å². The van der Waals surface area contributed by atoms with E-state index < -0.39 is 15.7 Å². The van der Waals surface area contributed by atoms with E-state index in [1.165, 1.54) is 13.2 Å². The number of nitrogens with two attached hydrogens (primary N) is 1. The molecule has 1 aliphatic rings. The van der Waals surface area contributed by atoms with Crippen LogP contribution in [0.1, 0.15) is 28.4 Å². The van der Waals surface area contributed by atoms with Crippen molar-refractivity contribution < 1.29 is 22.7 Å². The number of methoxy groups -OCH3 is 1. The van der Waals surface area contributed by atoms with Crippen molar-refractivity contribution in [2.45, 2.75) is 13.3 Å². The molecule has 3 aromatic rings. The molecule has 36 heavy (non-hydrogen) atoms. The summed E-state index contributed by atoms with van der Waals surface area (Å²) in [5.41, 5.74) is 9.31. The van der Waals surface area contributed by atoms with E-state index in [0.717, 1.165) is 22.8 Å². The average molecular weight is 507 g/mol. The van der Waals surface area contributed by atoms with Gasteiger partial charge < -0.3 is 20.5 Å². The van der Waals surface area contributed by atoms with E-state index in [-0.39, 0.29) is 4.91 Å². The molecule has 0 aliphatic carbocycles. The minimum absolute atomic E-state index is 0.0191. The third kappa shape index (κ3) is 4.94. The lowest BCUT2D eigenvalue weighted by Crippen LogP contribution is -2.13. The van der Waals surface area contributed by atoms with Crippen LogP contribution in [0.5, 0.6) is 5.75 Å². The Bertz CT molecular complexity index is 1560. The lowest BCUT2D eigenvalue weighted by Gasteiger charge is -2.14. The summed E-state index contributed by atoms with van der Waals surface area (Å²) < 4.78 is 34.9. The molecule has 0 spiro atoms. The van der Waals surface area contributed by atoms with E-state index >= 15 is 0 Å². The molecule has 9 nitrogen and oxygen atoms in total. The predicted molar refractivity (Wildman–Crippen MR) is 140 cm³/mol. The van der Waals surface area contributed by atoms with Crippen molar-refractivity contribution in [2.75, 3.05) is 25.3 Å². The monoisotopic (exact) mass is 506 g/mol. The van der Waals surface area contributed by atoms with Crippen LogP contribution in [0.3, 0.4) is 0 Å². The van der Waals surface area contributed by atoms with Crippen LogP contribution in [0.15, 0.2) is 65.9 Å². The number of hydrogen-bond donors (Lipinski definition) is 2. The Kier molecular flexibility index (Phi) is 6.80. The highest BCUT2D eigenvalue weighted by Crippen LogP contribution is 2.37. The van der Waals surface area contributed by atoms with Gasteiger partial charge in [-0.05, 0) is 31.2 Å². The number of carbonyl (C=O) groups excluding carboxylic acids is 1. The summed E-state index contributed by atoms with van der Waals surface area (Å²) in [5.74, 6) is 0.940. The fraction of sp³-hybridized carbons (Fsp3) is 0.192. The molecule has 3 N–H and O–H groups in total. The number of anilines is 2. The van der Waals surface area contributed by atoms with Gasteiger partial charge in [0.1, 0.15) is 11.5 Å². The lowest BCUT2D eigenvalue weighted by molar-refractivity contribution is 0.0999. The van der Waals surface area contributed by atoms with E-state index in [0.29, 0.717) is 52.8 Å². The zero-order valence-corrected chi connectivity index (χ0v) is 21.0. The van der Waals surface area contributed by atoms with Crippen LogP contribution in [0.25, 0.3) is 16.5 Å². The predicted octanol–water partition coefficient (Wildman–Crippen LogP) is 3.90. The fourth-order valence-electron chi connectivity index (χ4n) is 3.89. The first kappa shape index (κ1) is 24.9. The van der Waals surface area contributed by atoms with E-state index in [1.54, 1.807) is 31.3 Å². The molecule has 0 fully saturated rings. The van der Waals surface area contributed by atoms with E-state index in [2.05, 4.69) is 16.9 Å². The molecule has 0 atom stereocenters. The Morgan fingerprint density at radius 2 is 2.00 bits per heavy atom. The molecule has 4 rings (SSSR count). The van der Waals surface area contributed by atoms with Crippen LogP contribution in [-0.2, 0) is 21.0 Å². The Morgan fingerprint density at radius 3 is 2.69 bits per heavy atom. The third-order valence-corrected chi connectivity index (χ3v) is 6.96. The molecular weight excluding hydrogens is 480 g/mol. The summed E-state index contributed by atoms with van der Waals surface area (Å²) in [4.78, 5) is 20.9. The van der Waals surface area contributed by atoms with Gasteiger partial charge in [-0.1, -0.05) is 24.8 Å². The molecule has 2 aromatic carbocycles. The zero-order valence-electron chi connectivity index (χ0n) is 20.2. The standard InChI is InChI=1S/C26H26N4O5S/c1-15(36(4,32)33)8-9-18(16(2)34-3)19-7-5-6-17-14-28-26(30-23(17)19)29-22-11-10-21(25(27)31)20-12-13-35-24(20)22/h5-11,14H,1,12-13H2,2-4H3,(H2,27,31)(H,28,29,30)/b9-8-,18-16-. The van der Waals surface area contributed by atoms with E-state index in [4.69, 9.17) is 20.2 Å². The molecule has 186 valence electrons. The smallest absolute Gasteiger partial charge is 0.249 e. The fourth-order valence-corrected chi connectivity index (χ4v) is 4.20. The number of aromatic nitrogens is 2. The van der Waals surface area contributed by atoms with Crippen molar-refractivity contribution in [3.8, 4) is 5.75 Å². The number of nitrogens with zero attached hydrogens (tertiary/aromatic N) is 2. The van der Waals surface area contributed by atoms with Crippen LogP contribution in [0.2, 0.25) is 0 Å². The van der Waals surface area contributed by atoms with Crippen molar-refractivity contribution in [2.24, 2.45) is 5.73 Å². The number of ether oxygens (including phenoxy) is 2. The van der Waals surface area contributed by atoms with Gasteiger partial charge in [-0.15, -0.1) is 0 Å². The maximum atomic E-state index is 11.8. The molecule has 0 unspecified atom stereocenters. The van der Waals surface area contributed by atoms with Gasteiger partial charge in [0, 0.05) is 46.5 Å². The third-order valence-electron chi connectivity index (χ3n) is 5.87. The number of amides is 1. The Morgan fingerprint density at radius 1 is 1.22 bits per heavy atom. The zero-order chi connectivity index (χ0) is 26.0. The molecule has 0 saturated heterocycles. The minimum Gasteiger partial charge on any atom is -0.501 e. The number of nitrogens with one attached hydrogen (secondary N) is 1. The van der Waals surface area contributed by atoms with Gasteiger partial charge >= 0.3 is 0 Å². The quantitative estimate of drug-likeness (QED) is 0.347. The van der Waals surface area contributed by atoms with Crippen LogP contribution in [0, 0.1) is 0 Å². The van der Waals surface area contributed by atoms with Gasteiger partial charge in [0.05, 0.1) is 29.8 Å². The Hall–Kier alpha value is -4.18. The van der Waals surface area contributed by atoms with Crippen LogP contribution in [-0.4, -0.2) is 44.3 Å². The minimum atomic E-state index is -3.43. The van der Waals surface area contributed by atoms with Crippen molar-refractivity contribution >= 4 is 43.9 Å². The summed E-state index contributed by atoms with van der Waals surface area (Å²) in [7, 11) is -1.89. The summed E-state index contributed by atoms with van der Waals surface area (Å²) in [6, 6.07) is 8.98. The summed E-state index contributed by atoms with van der Waals surface area (Å²) >= 11 is 0. The summed E-state index contributed by atoms with van der Waals surface area (Å²) in [6.45, 7) is 5.86. The molecule has 0 bridgehead atoms. The number of fused-ring (bicyclic) bond motifs is 2. The normalized spacial score (nSPS) is 13.8. The van der Waals surface area contributed by atoms with Crippen LogP contribution < -0.4 is 15.8 Å². The SMILES string of the molecule is C=C(/C=C\C(=C(/C)OC)c1cccc2cnc(Nc3ccc(C(N)=O)c4c3OCC4)nc12)S(C)(=O)=O. The van der Waals surface area contributed by atoms with Gasteiger partial charge in [0.2, 0.25) is 11.9 Å². The number of hydrogen-bond acceptors (Lipinski definition) is 8. The van der Waals surface area contributed by atoms with Gasteiger partial charge in [-0.25, -0.2) is 18.4 Å². The molecule has 2 heterocycles. The number of rotatable bonds is 8. The van der Waals surface area contributed by atoms with E-state index in [9.17, 15) is 13.2 Å². The van der Waals surface area contributed by atoms with Gasteiger partial charge in [-0.2, -0.15) is 0 Å². The van der Waals surface area contributed by atoms with Gasteiger partial charge in [0.25, 0.3) is 0 Å². The number of allylic oxidation sites excluding steroid dienone is 4. The van der Waals surface area contributed by atoms with Gasteiger partial charge in [0.15, 0.2) is 9.84 Å². The van der Waals surface area contributed by atoms with Crippen molar-refractivity contribution in [3.63, 3.8) is 0 Å². The largest absolute Gasteiger partial charge is 0.501 e. The summed E-state index contributed by atoms with van der Waals surface area (Å²) in [5, 5.41) is 3.96. The molecule has 0 saturated carbocycles. The average Bonchev–Trinajstić information content (AvgIpc) is 3.33. The van der Waals surface area contributed by atoms with Crippen LogP contribution >= 0.6 is 0 Å². The highest BCUT2D eigenvalue weighted by molar-refractivity contribution is 7.94. The Balaban J connectivity index is 1.78. The molecule has 0 radical (unpaired) electrons. The highest BCUT2D eigenvalue weighted by atomic mass is 32.2. The number of carbonyl (C=O) groups is 1. The van der Waals surface area contributed by atoms with Crippen molar-refractivity contribution in [1.29, 1.82) is 0 Å². The maximum Gasteiger partial charge on any atom is 0.249 e. The molecule has 1 aromatic heterocycles. The molecule has 1 aliphatic heterocycles. The number of primary amides is 1. The summed E-state index contributed by atoms with van der Waals surface area (Å²) in [6.07, 6.45) is 6.46. The second-order valence-corrected chi connectivity index (χ2v) is 10.3. The van der Waals surface area contributed by atoms with Crippen molar-refractivity contribution in [1.82, 2.24) is 9.97 Å². The second-order valence-electron chi connectivity index (χ2n) is 8.24. The number of benzene rings is 2. The topological polar surface area (TPSA) is 134 Å². The molecular formula is C26H26N4O5S.